The normalized spacial score (nSPS) is 9.74. The van der Waals surface area contributed by atoms with Crippen LogP contribution in [0.3, 0.4) is 0 Å². The summed E-state index contributed by atoms with van der Waals surface area (Å²) in [5.74, 6) is -2.18. The summed E-state index contributed by atoms with van der Waals surface area (Å²) in [6.45, 7) is -1.20. The molecule has 1 aromatic carbocycles. The molecule has 1 rings (SSSR count). The Balaban J connectivity index is 3.42. The van der Waals surface area contributed by atoms with E-state index in [0.717, 1.165) is 6.07 Å². The number of halogens is 2. The maximum atomic E-state index is 13.7. The van der Waals surface area contributed by atoms with Crippen LogP contribution in [0, 0.1) is 34.1 Å². The van der Waals surface area contributed by atoms with Gasteiger partial charge in [-0.3, -0.25) is 14.9 Å². The van der Waals surface area contributed by atoms with Gasteiger partial charge in [0.25, 0.3) is 5.69 Å². The molecule has 0 aliphatic carbocycles. The SMILES string of the molecule is C#CCN(CC(=O)O)c1c([N+](=O)[O-])ccc(F)c1F. The molecule has 0 saturated heterocycles. The van der Waals surface area contributed by atoms with E-state index in [4.69, 9.17) is 11.5 Å². The molecule has 0 saturated carbocycles. The summed E-state index contributed by atoms with van der Waals surface area (Å²) in [5, 5.41) is 19.4. The molecule has 19 heavy (non-hydrogen) atoms. The van der Waals surface area contributed by atoms with Crippen LogP contribution in [0.15, 0.2) is 12.1 Å². The van der Waals surface area contributed by atoms with Gasteiger partial charge >= 0.3 is 5.97 Å². The van der Waals surface area contributed by atoms with E-state index in [2.05, 4.69) is 0 Å². The lowest BCUT2D eigenvalue weighted by molar-refractivity contribution is -0.384. The average Bonchev–Trinajstić information content (AvgIpc) is 2.31. The summed E-state index contributed by atoms with van der Waals surface area (Å²) in [4.78, 5) is 21.2. The van der Waals surface area contributed by atoms with Crippen LogP contribution in [0.25, 0.3) is 0 Å². The lowest BCUT2D eigenvalue weighted by Crippen LogP contribution is -2.31. The van der Waals surface area contributed by atoms with E-state index in [0.29, 0.717) is 11.0 Å². The molecule has 0 aromatic heterocycles. The topological polar surface area (TPSA) is 83.7 Å². The third-order valence-corrected chi connectivity index (χ3v) is 2.17. The molecule has 100 valence electrons. The van der Waals surface area contributed by atoms with Crippen LogP contribution in [-0.2, 0) is 4.79 Å². The number of rotatable bonds is 5. The van der Waals surface area contributed by atoms with Gasteiger partial charge in [0, 0.05) is 6.07 Å². The summed E-state index contributed by atoms with van der Waals surface area (Å²) in [6.07, 6.45) is 4.99. The number of nitrogens with zero attached hydrogens (tertiary/aromatic N) is 2. The van der Waals surface area contributed by atoms with Gasteiger partial charge in [0.2, 0.25) is 0 Å². The predicted molar refractivity (Wildman–Crippen MR) is 61.7 cm³/mol. The van der Waals surface area contributed by atoms with E-state index in [9.17, 15) is 23.7 Å². The molecule has 6 nitrogen and oxygen atoms in total. The first kappa shape index (κ1) is 14.4. The molecule has 0 aliphatic rings. The predicted octanol–water partition coefficient (Wildman–Crippen LogP) is 1.40. The first-order valence-corrected chi connectivity index (χ1v) is 4.91. The van der Waals surface area contributed by atoms with E-state index >= 15 is 0 Å². The molecule has 0 spiro atoms. The highest BCUT2D eigenvalue weighted by atomic mass is 19.2. The second-order valence-corrected chi connectivity index (χ2v) is 3.44. The van der Waals surface area contributed by atoms with Crippen molar-refractivity contribution in [2.75, 3.05) is 18.0 Å². The Kier molecular flexibility index (Phi) is 4.36. The Morgan fingerprint density at radius 3 is 2.63 bits per heavy atom. The van der Waals surface area contributed by atoms with Gasteiger partial charge in [-0.1, -0.05) is 5.92 Å². The number of carboxylic acids is 1. The molecule has 1 aromatic rings. The van der Waals surface area contributed by atoms with Crippen molar-refractivity contribution < 1.29 is 23.6 Å². The monoisotopic (exact) mass is 270 g/mol. The fraction of sp³-hybridized carbons (Fsp3) is 0.182. The summed E-state index contributed by atoms with van der Waals surface area (Å²) in [5.41, 5.74) is -1.53. The van der Waals surface area contributed by atoms with Crippen LogP contribution in [-0.4, -0.2) is 29.1 Å². The molecule has 8 heteroatoms. The zero-order chi connectivity index (χ0) is 14.6. The Morgan fingerprint density at radius 1 is 1.53 bits per heavy atom. The lowest BCUT2D eigenvalue weighted by atomic mass is 10.2. The molecule has 0 amide bonds. The van der Waals surface area contributed by atoms with Gasteiger partial charge in [-0.2, -0.15) is 0 Å². The zero-order valence-electron chi connectivity index (χ0n) is 9.47. The first-order valence-electron chi connectivity index (χ1n) is 4.91. The Morgan fingerprint density at radius 2 is 2.16 bits per heavy atom. The first-order chi connectivity index (χ1) is 8.88. The van der Waals surface area contributed by atoms with E-state index in [1.807, 2.05) is 5.92 Å². The number of nitro benzene ring substituents is 1. The summed E-state index contributed by atoms with van der Waals surface area (Å²) in [6, 6.07) is 1.34. The largest absolute Gasteiger partial charge is 0.480 e. The second-order valence-electron chi connectivity index (χ2n) is 3.44. The number of hydrogen-bond acceptors (Lipinski definition) is 4. The minimum absolute atomic E-state index is 0.409. The molecule has 0 radical (unpaired) electrons. The quantitative estimate of drug-likeness (QED) is 0.496. The number of aliphatic carboxylic acids is 1. The number of carboxylic acid groups (broad SMARTS) is 1. The second kappa shape index (κ2) is 5.77. The van der Waals surface area contributed by atoms with Crippen LogP contribution >= 0.6 is 0 Å². The van der Waals surface area contributed by atoms with Gasteiger partial charge in [0.05, 0.1) is 11.5 Å². The Hall–Kier alpha value is -2.69. The van der Waals surface area contributed by atoms with Gasteiger partial charge in [-0.25, -0.2) is 8.78 Å². The van der Waals surface area contributed by atoms with Crippen molar-refractivity contribution in [3.63, 3.8) is 0 Å². The highest BCUT2D eigenvalue weighted by Crippen LogP contribution is 2.32. The Labute approximate surface area is 106 Å². The van der Waals surface area contributed by atoms with Gasteiger partial charge < -0.3 is 10.0 Å². The van der Waals surface area contributed by atoms with Crippen molar-refractivity contribution in [2.24, 2.45) is 0 Å². The molecule has 0 bridgehead atoms. The number of nitro groups is 1. The zero-order valence-corrected chi connectivity index (χ0v) is 9.47. The molecular formula is C11H8F2N2O4. The van der Waals surface area contributed by atoms with Gasteiger partial charge in [0.1, 0.15) is 6.54 Å². The van der Waals surface area contributed by atoms with Gasteiger partial charge in [-0.05, 0) is 6.07 Å². The minimum Gasteiger partial charge on any atom is -0.480 e. The fourth-order valence-electron chi connectivity index (χ4n) is 1.47. The maximum absolute atomic E-state index is 13.7. The van der Waals surface area contributed by atoms with Crippen LogP contribution in [0.5, 0.6) is 0 Å². The van der Waals surface area contributed by atoms with Gasteiger partial charge in [0.15, 0.2) is 17.3 Å². The minimum atomic E-state index is -1.51. The fourth-order valence-corrected chi connectivity index (χ4v) is 1.47. The van der Waals surface area contributed by atoms with Crippen molar-refractivity contribution in [3.8, 4) is 12.3 Å². The van der Waals surface area contributed by atoms with E-state index in [1.54, 1.807) is 0 Å². The van der Waals surface area contributed by atoms with E-state index < -0.39 is 47.0 Å². The van der Waals surface area contributed by atoms with Crippen molar-refractivity contribution >= 4 is 17.3 Å². The average molecular weight is 270 g/mol. The molecule has 1 N–H and O–H groups in total. The van der Waals surface area contributed by atoms with Gasteiger partial charge in [-0.15, -0.1) is 6.42 Å². The summed E-state index contributed by atoms with van der Waals surface area (Å²) < 4.78 is 26.8. The number of hydrogen-bond donors (Lipinski definition) is 1. The van der Waals surface area contributed by atoms with Crippen molar-refractivity contribution in [1.82, 2.24) is 0 Å². The van der Waals surface area contributed by atoms with Crippen molar-refractivity contribution in [1.29, 1.82) is 0 Å². The molecule has 0 unspecified atom stereocenters. The van der Waals surface area contributed by atoms with Crippen molar-refractivity contribution in [3.05, 3.63) is 33.9 Å². The third kappa shape index (κ3) is 3.16. The van der Waals surface area contributed by atoms with E-state index in [1.165, 1.54) is 0 Å². The number of benzene rings is 1. The van der Waals surface area contributed by atoms with Crippen LogP contribution in [0.4, 0.5) is 20.2 Å². The molecule has 0 atom stereocenters. The standard InChI is InChI=1S/C11H8F2N2O4/c1-2-5-14(6-9(16)17)11-8(15(18)19)4-3-7(12)10(11)13/h1,3-4H,5-6H2,(H,16,17). The smallest absolute Gasteiger partial charge is 0.323 e. The number of carbonyl (C=O) groups is 1. The van der Waals surface area contributed by atoms with Crippen LogP contribution < -0.4 is 4.90 Å². The molecule has 0 fully saturated rings. The van der Waals surface area contributed by atoms with Crippen LogP contribution in [0.2, 0.25) is 0 Å². The maximum Gasteiger partial charge on any atom is 0.323 e. The van der Waals surface area contributed by atoms with Crippen molar-refractivity contribution in [2.45, 2.75) is 0 Å². The van der Waals surface area contributed by atoms with E-state index in [-0.39, 0.29) is 0 Å². The lowest BCUT2D eigenvalue weighted by Gasteiger charge is -2.20. The van der Waals surface area contributed by atoms with Crippen LogP contribution in [0.1, 0.15) is 0 Å². The number of anilines is 1. The number of terminal acetylenes is 1. The molecule has 0 heterocycles. The molecule has 0 aliphatic heterocycles. The molecular weight excluding hydrogens is 262 g/mol. The highest BCUT2D eigenvalue weighted by Gasteiger charge is 2.27. The summed E-state index contributed by atoms with van der Waals surface area (Å²) in [7, 11) is 0. The third-order valence-electron chi connectivity index (χ3n) is 2.17. The summed E-state index contributed by atoms with van der Waals surface area (Å²) >= 11 is 0. The highest BCUT2D eigenvalue weighted by molar-refractivity contribution is 5.76. The Bertz CT molecular complexity index is 569.